The number of benzene rings is 2. The Morgan fingerprint density at radius 1 is 0.731 bits per heavy atom. The van der Waals surface area contributed by atoms with Gasteiger partial charge in [0.1, 0.15) is 11.6 Å². The van der Waals surface area contributed by atoms with Crippen LogP contribution in [-0.4, -0.2) is 5.11 Å². The van der Waals surface area contributed by atoms with Gasteiger partial charge in [-0.3, -0.25) is 0 Å². The number of aliphatic hydroxyl groups excluding tert-OH is 1. The van der Waals surface area contributed by atoms with Crippen molar-refractivity contribution in [2.75, 3.05) is 0 Å². The van der Waals surface area contributed by atoms with E-state index in [0.29, 0.717) is 11.1 Å². The summed E-state index contributed by atoms with van der Waals surface area (Å²) in [6.45, 7) is -0.195. The van der Waals surface area contributed by atoms with Crippen LogP contribution in [0, 0.1) is 11.6 Å². The Labute approximate surface area is 159 Å². The van der Waals surface area contributed by atoms with Crippen LogP contribution in [0.2, 0.25) is 0 Å². The van der Waals surface area contributed by atoms with Crippen molar-refractivity contribution in [3.05, 3.63) is 69.3 Å². The smallest absolute Gasteiger partial charge is 0.132 e. The van der Waals surface area contributed by atoms with Gasteiger partial charge in [0, 0.05) is 11.1 Å². The number of aliphatic hydroxyl groups is 1. The molecule has 0 amide bonds. The predicted molar refractivity (Wildman–Crippen MR) is 102 cm³/mol. The largest absolute Gasteiger partial charge is 0.392 e. The van der Waals surface area contributed by atoms with Gasteiger partial charge in [-0.1, -0.05) is 24.3 Å². The third-order valence-corrected chi connectivity index (χ3v) is 5.69. The van der Waals surface area contributed by atoms with Crippen LogP contribution >= 0.6 is 11.6 Å². The third-order valence-electron chi connectivity index (χ3n) is 5.40. The van der Waals surface area contributed by atoms with Crippen molar-refractivity contribution >= 4 is 11.6 Å². The van der Waals surface area contributed by atoms with Crippen LogP contribution in [0.25, 0.3) is 0 Å². The lowest BCUT2D eigenvalue weighted by molar-refractivity contribution is 0.275. The Morgan fingerprint density at radius 3 is 1.69 bits per heavy atom. The van der Waals surface area contributed by atoms with Gasteiger partial charge in [0.2, 0.25) is 0 Å². The van der Waals surface area contributed by atoms with Crippen LogP contribution in [0.15, 0.2) is 24.3 Å². The first-order chi connectivity index (χ1) is 12.7. The summed E-state index contributed by atoms with van der Waals surface area (Å²) >= 11 is 5.63. The maximum absolute atomic E-state index is 13.7. The highest BCUT2D eigenvalue weighted by Gasteiger charge is 2.16. The molecule has 0 aromatic heterocycles. The van der Waals surface area contributed by atoms with Crippen LogP contribution in [0.5, 0.6) is 0 Å². The minimum atomic E-state index is -0.195. The molecular weight excluding hydrogens is 354 g/mol. The summed E-state index contributed by atoms with van der Waals surface area (Å²) in [7, 11) is 0. The second kappa shape index (κ2) is 8.96. The molecule has 0 saturated heterocycles. The molecule has 2 aromatic rings. The number of hydrogen-bond donors (Lipinski definition) is 1. The van der Waals surface area contributed by atoms with E-state index < -0.39 is 0 Å². The molecule has 2 aliphatic rings. The Balaban J connectivity index is 0.000000151. The molecule has 0 radical (unpaired) electrons. The lowest BCUT2D eigenvalue weighted by Crippen LogP contribution is -2.07. The van der Waals surface area contributed by atoms with Crippen LogP contribution in [0.4, 0.5) is 8.78 Å². The highest BCUT2D eigenvalue weighted by Crippen LogP contribution is 2.27. The minimum Gasteiger partial charge on any atom is -0.392 e. The monoisotopic (exact) mass is 378 g/mol. The summed E-state index contributed by atoms with van der Waals surface area (Å²) in [5.41, 5.74) is 5.11. The molecule has 140 valence electrons. The normalized spacial score (nSPS) is 15.5. The molecule has 4 heteroatoms. The molecule has 2 aromatic carbocycles. The van der Waals surface area contributed by atoms with Gasteiger partial charge in [0.15, 0.2) is 0 Å². The van der Waals surface area contributed by atoms with Crippen molar-refractivity contribution in [2.24, 2.45) is 0 Å². The summed E-state index contributed by atoms with van der Waals surface area (Å²) in [4.78, 5) is 0. The van der Waals surface area contributed by atoms with E-state index in [-0.39, 0.29) is 24.1 Å². The summed E-state index contributed by atoms with van der Waals surface area (Å²) < 4.78 is 27.3. The molecule has 0 aliphatic heterocycles. The molecule has 1 N–H and O–H groups in total. The van der Waals surface area contributed by atoms with Gasteiger partial charge in [0.05, 0.1) is 12.5 Å². The van der Waals surface area contributed by atoms with Crippen molar-refractivity contribution in [3.63, 3.8) is 0 Å². The maximum Gasteiger partial charge on any atom is 0.132 e. The molecule has 0 heterocycles. The molecule has 0 fully saturated rings. The fourth-order valence-corrected chi connectivity index (χ4v) is 4.09. The van der Waals surface area contributed by atoms with Gasteiger partial charge >= 0.3 is 0 Å². The first kappa shape index (κ1) is 19.3. The van der Waals surface area contributed by atoms with Crippen molar-refractivity contribution in [3.8, 4) is 0 Å². The van der Waals surface area contributed by atoms with Crippen molar-refractivity contribution in [1.82, 2.24) is 0 Å². The molecule has 0 spiro atoms. The van der Waals surface area contributed by atoms with Crippen LogP contribution < -0.4 is 0 Å². The molecular formula is C22H25ClF2O. The van der Waals surface area contributed by atoms with Crippen LogP contribution in [0.1, 0.15) is 59.1 Å². The number of halogens is 3. The van der Waals surface area contributed by atoms with E-state index in [1.54, 1.807) is 6.07 Å². The van der Waals surface area contributed by atoms with Gasteiger partial charge in [-0.15, -0.1) is 11.6 Å². The Kier molecular flexibility index (Phi) is 6.66. The molecule has 4 rings (SSSR count). The van der Waals surface area contributed by atoms with Crippen LogP contribution in [0.3, 0.4) is 0 Å². The lowest BCUT2D eigenvalue weighted by atomic mass is 9.90. The number of aryl methyl sites for hydroxylation is 2. The molecule has 26 heavy (non-hydrogen) atoms. The molecule has 1 nitrogen and oxygen atoms in total. The highest BCUT2D eigenvalue weighted by molar-refractivity contribution is 6.17. The number of fused-ring (bicyclic) bond motifs is 2. The standard InChI is InChI=1S/C11H12ClF.C11H13FO/c12-7-9-6-5-8-3-1-2-4-10(8)11(9)13;12-11-9(7-13)6-5-8-3-1-2-4-10(8)11/h5-6H,1-4,7H2;5-6,13H,1-4,7H2. The second-order valence-electron chi connectivity index (χ2n) is 7.06. The van der Waals surface area contributed by atoms with E-state index in [1.165, 1.54) is 12.0 Å². The van der Waals surface area contributed by atoms with Gasteiger partial charge in [-0.2, -0.15) is 0 Å². The first-order valence-electron chi connectivity index (χ1n) is 9.40. The highest BCUT2D eigenvalue weighted by atomic mass is 35.5. The Bertz CT molecular complexity index is 708. The van der Waals surface area contributed by atoms with Crippen molar-refractivity contribution < 1.29 is 13.9 Å². The Morgan fingerprint density at radius 2 is 1.19 bits per heavy atom. The fourth-order valence-electron chi connectivity index (χ4n) is 3.89. The van der Waals surface area contributed by atoms with Crippen molar-refractivity contribution in [2.45, 2.75) is 63.9 Å². The van der Waals surface area contributed by atoms with Crippen LogP contribution in [-0.2, 0) is 38.2 Å². The number of rotatable bonds is 2. The molecule has 0 unspecified atom stereocenters. The molecule has 0 bridgehead atoms. The van der Waals surface area contributed by atoms with E-state index in [9.17, 15) is 8.78 Å². The quantitative estimate of drug-likeness (QED) is 0.670. The SMILES string of the molecule is Fc1c(CCl)ccc2c1CCCC2.OCc1ccc2c(c1F)CCCC2. The Hall–Kier alpha value is -1.45. The van der Waals surface area contributed by atoms with Gasteiger partial charge < -0.3 is 5.11 Å². The number of hydrogen-bond acceptors (Lipinski definition) is 1. The first-order valence-corrected chi connectivity index (χ1v) is 9.94. The van der Waals surface area contributed by atoms with Gasteiger partial charge in [-0.25, -0.2) is 8.78 Å². The zero-order chi connectivity index (χ0) is 18.5. The summed E-state index contributed by atoms with van der Waals surface area (Å²) in [6.07, 6.45) is 8.24. The molecule has 2 aliphatic carbocycles. The van der Waals surface area contributed by atoms with E-state index in [1.807, 2.05) is 18.2 Å². The van der Waals surface area contributed by atoms with E-state index >= 15 is 0 Å². The zero-order valence-corrected chi connectivity index (χ0v) is 15.7. The van der Waals surface area contributed by atoms with E-state index in [2.05, 4.69) is 0 Å². The topological polar surface area (TPSA) is 20.2 Å². The maximum atomic E-state index is 13.7. The minimum absolute atomic E-state index is 0.0628. The van der Waals surface area contributed by atoms with Crippen molar-refractivity contribution in [1.29, 1.82) is 0 Å². The third kappa shape index (κ3) is 4.10. The second-order valence-corrected chi connectivity index (χ2v) is 7.33. The zero-order valence-electron chi connectivity index (χ0n) is 15.0. The summed E-state index contributed by atoms with van der Waals surface area (Å²) in [6, 6.07) is 7.48. The average Bonchev–Trinajstić information content (AvgIpc) is 2.70. The lowest BCUT2D eigenvalue weighted by Gasteiger charge is -2.17. The summed E-state index contributed by atoms with van der Waals surface area (Å²) in [5.74, 6) is 0.0333. The predicted octanol–water partition coefficient (Wildman–Crippen LogP) is 5.64. The molecule has 0 saturated carbocycles. The summed E-state index contributed by atoms with van der Waals surface area (Å²) in [5, 5.41) is 8.88. The number of alkyl halides is 1. The molecule has 0 atom stereocenters. The van der Waals surface area contributed by atoms with Gasteiger partial charge in [0.25, 0.3) is 0 Å². The average molecular weight is 379 g/mol. The van der Waals surface area contributed by atoms with E-state index in [4.69, 9.17) is 16.7 Å². The fraction of sp³-hybridized carbons (Fsp3) is 0.455. The van der Waals surface area contributed by atoms with Gasteiger partial charge in [-0.05, 0) is 73.6 Å². The van der Waals surface area contributed by atoms with E-state index in [0.717, 1.165) is 61.6 Å².